The minimum Gasteiger partial charge on any atom is -0.378 e. The minimum atomic E-state index is 0.266. The zero-order chi connectivity index (χ0) is 14.2. The zero-order valence-electron chi connectivity index (χ0n) is 13.0. The molecule has 1 amide bonds. The molecule has 3 heteroatoms. The van der Waals surface area contributed by atoms with E-state index in [1.165, 1.54) is 32.1 Å². The van der Waals surface area contributed by atoms with Crippen LogP contribution >= 0.6 is 0 Å². The predicted octanol–water partition coefficient (Wildman–Crippen LogP) is 3.28. The highest BCUT2D eigenvalue weighted by atomic mass is 16.5. The molecule has 0 aliphatic heterocycles. The van der Waals surface area contributed by atoms with Crippen LogP contribution in [0.4, 0.5) is 0 Å². The summed E-state index contributed by atoms with van der Waals surface area (Å²) in [5, 5.41) is 3.37. The van der Waals surface area contributed by atoms with Crippen LogP contribution in [0.15, 0.2) is 0 Å². The molecule has 1 spiro atoms. The molecule has 0 saturated heterocycles. The molecule has 3 aliphatic carbocycles. The fourth-order valence-corrected chi connectivity index (χ4v) is 4.60. The highest BCUT2D eigenvalue weighted by Crippen LogP contribution is 2.57. The Kier molecular flexibility index (Phi) is 4.07. The average Bonchev–Trinajstić information content (AvgIpc) is 2.35. The Bertz CT molecular complexity index is 364. The van der Waals surface area contributed by atoms with E-state index in [1.807, 2.05) is 0 Å². The molecule has 3 rings (SSSR count). The van der Waals surface area contributed by atoms with E-state index in [9.17, 15) is 4.79 Å². The fraction of sp³-hybridized carbons (Fsp3) is 0.941. The number of amides is 1. The van der Waals surface area contributed by atoms with Gasteiger partial charge in [-0.2, -0.15) is 0 Å². The third kappa shape index (κ3) is 2.38. The Morgan fingerprint density at radius 3 is 2.65 bits per heavy atom. The van der Waals surface area contributed by atoms with E-state index in [1.54, 1.807) is 0 Å². The smallest absolute Gasteiger partial charge is 0.223 e. The number of ether oxygens (including phenoxy) is 1. The summed E-state index contributed by atoms with van der Waals surface area (Å²) in [5.41, 5.74) is 0.298. The van der Waals surface area contributed by atoms with E-state index in [2.05, 4.69) is 19.2 Å². The van der Waals surface area contributed by atoms with Gasteiger partial charge in [0.2, 0.25) is 5.91 Å². The summed E-state index contributed by atoms with van der Waals surface area (Å²) in [6.07, 6.45) is 9.90. The second-order valence-electron chi connectivity index (χ2n) is 7.30. The lowest BCUT2D eigenvalue weighted by Crippen LogP contribution is -2.68. The van der Waals surface area contributed by atoms with Crippen LogP contribution in [0, 0.1) is 17.3 Å². The molecule has 3 nitrogen and oxygen atoms in total. The van der Waals surface area contributed by atoms with Gasteiger partial charge in [-0.3, -0.25) is 4.79 Å². The standard InChI is InChI=1S/C17H29NO2/c1-3-20-15-11-14(17(15)8-5-9-17)18-16(19)13-7-4-6-12(2)10-13/h12-15H,3-11H2,1-2H3,(H,18,19)/t12-,13-,14-,15+/m0/s1. The van der Waals surface area contributed by atoms with Crippen LogP contribution < -0.4 is 5.32 Å². The summed E-state index contributed by atoms with van der Waals surface area (Å²) in [6, 6.07) is 0.387. The van der Waals surface area contributed by atoms with Crippen molar-refractivity contribution in [3.8, 4) is 0 Å². The van der Waals surface area contributed by atoms with Crippen LogP contribution in [0.2, 0.25) is 0 Å². The van der Waals surface area contributed by atoms with Gasteiger partial charge in [0, 0.05) is 24.0 Å². The first-order valence-corrected chi connectivity index (χ1v) is 8.57. The summed E-state index contributed by atoms with van der Waals surface area (Å²) in [6.45, 7) is 5.15. The van der Waals surface area contributed by atoms with Gasteiger partial charge in [0.25, 0.3) is 0 Å². The topological polar surface area (TPSA) is 38.3 Å². The quantitative estimate of drug-likeness (QED) is 0.857. The molecule has 20 heavy (non-hydrogen) atoms. The summed E-state index contributed by atoms with van der Waals surface area (Å²) in [7, 11) is 0. The summed E-state index contributed by atoms with van der Waals surface area (Å²) in [5.74, 6) is 1.31. The maximum atomic E-state index is 12.5. The van der Waals surface area contributed by atoms with E-state index in [0.717, 1.165) is 31.8 Å². The second-order valence-corrected chi connectivity index (χ2v) is 7.30. The first-order chi connectivity index (χ1) is 9.65. The summed E-state index contributed by atoms with van der Waals surface area (Å²) in [4.78, 5) is 12.5. The Morgan fingerprint density at radius 2 is 2.05 bits per heavy atom. The van der Waals surface area contributed by atoms with Gasteiger partial charge in [-0.15, -0.1) is 0 Å². The SMILES string of the molecule is CCO[C@@H]1C[C@H](NC(=O)[C@H]2CCC[C@H](C)C2)C12CCC2. The average molecular weight is 279 g/mol. The van der Waals surface area contributed by atoms with Gasteiger partial charge >= 0.3 is 0 Å². The monoisotopic (exact) mass is 279 g/mol. The van der Waals surface area contributed by atoms with Crippen molar-refractivity contribution in [2.75, 3.05) is 6.61 Å². The van der Waals surface area contributed by atoms with Crippen LogP contribution in [0.3, 0.4) is 0 Å². The van der Waals surface area contributed by atoms with Crippen molar-refractivity contribution in [3.05, 3.63) is 0 Å². The van der Waals surface area contributed by atoms with Gasteiger partial charge in [0.1, 0.15) is 0 Å². The molecule has 0 radical (unpaired) electrons. The van der Waals surface area contributed by atoms with Crippen molar-refractivity contribution in [3.63, 3.8) is 0 Å². The molecular weight excluding hydrogens is 250 g/mol. The van der Waals surface area contributed by atoms with Crippen molar-refractivity contribution in [2.45, 2.75) is 77.4 Å². The minimum absolute atomic E-state index is 0.266. The Morgan fingerprint density at radius 1 is 1.25 bits per heavy atom. The van der Waals surface area contributed by atoms with Gasteiger partial charge in [-0.25, -0.2) is 0 Å². The maximum Gasteiger partial charge on any atom is 0.223 e. The van der Waals surface area contributed by atoms with Crippen LogP contribution in [0.5, 0.6) is 0 Å². The molecule has 0 unspecified atom stereocenters. The summed E-state index contributed by atoms with van der Waals surface area (Å²) < 4.78 is 5.86. The van der Waals surface area contributed by atoms with Gasteiger partial charge in [-0.05, 0) is 44.9 Å². The van der Waals surface area contributed by atoms with Crippen LogP contribution in [-0.2, 0) is 9.53 Å². The number of rotatable bonds is 4. The van der Waals surface area contributed by atoms with Crippen LogP contribution in [0.25, 0.3) is 0 Å². The first-order valence-electron chi connectivity index (χ1n) is 8.57. The van der Waals surface area contributed by atoms with Crippen LogP contribution in [0.1, 0.15) is 65.2 Å². The number of nitrogens with one attached hydrogen (secondary N) is 1. The molecule has 3 fully saturated rings. The molecule has 4 atom stereocenters. The molecular formula is C17H29NO2. The molecule has 0 aromatic heterocycles. The van der Waals surface area contributed by atoms with E-state index >= 15 is 0 Å². The van der Waals surface area contributed by atoms with Gasteiger partial charge in [0.05, 0.1) is 6.10 Å². The van der Waals surface area contributed by atoms with Crippen molar-refractivity contribution in [1.29, 1.82) is 0 Å². The molecule has 0 aromatic rings. The molecule has 0 aromatic carbocycles. The lowest BCUT2D eigenvalue weighted by molar-refractivity contribution is -0.177. The highest BCUT2D eigenvalue weighted by molar-refractivity contribution is 5.79. The molecule has 0 heterocycles. The molecule has 3 aliphatic rings. The maximum absolute atomic E-state index is 12.5. The molecule has 0 bridgehead atoms. The number of hydrogen-bond acceptors (Lipinski definition) is 2. The van der Waals surface area contributed by atoms with Crippen molar-refractivity contribution < 1.29 is 9.53 Å². The van der Waals surface area contributed by atoms with Gasteiger partial charge < -0.3 is 10.1 Å². The molecule has 1 N–H and O–H groups in total. The van der Waals surface area contributed by atoms with Crippen molar-refractivity contribution >= 4 is 5.91 Å². The lowest BCUT2D eigenvalue weighted by Gasteiger charge is -2.61. The zero-order valence-corrected chi connectivity index (χ0v) is 13.0. The van der Waals surface area contributed by atoms with Crippen molar-refractivity contribution in [1.82, 2.24) is 5.32 Å². The highest BCUT2D eigenvalue weighted by Gasteiger charge is 2.59. The lowest BCUT2D eigenvalue weighted by atomic mass is 9.51. The number of carbonyl (C=O) groups excluding carboxylic acids is 1. The largest absolute Gasteiger partial charge is 0.378 e. The van der Waals surface area contributed by atoms with Gasteiger partial charge in [-0.1, -0.05) is 26.2 Å². The Labute approximate surface area is 122 Å². The van der Waals surface area contributed by atoms with Gasteiger partial charge in [0.15, 0.2) is 0 Å². The van der Waals surface area contributed by atoms with E-state index in [0.29, 0.717) is 23.5 Å². The second kappa shape index (κ2) is 5.67. The van der Waals surface area contributed by atoms with E-state index < -0.39 is 0 Å². The molecule has 3 saturated carbocycles. The number of hydrogen-bond donors (Lipinski definition) is 1. The fourth-order valence-electron chi connectivity index (χ4n) is 4.60. The number of carbonyl (C=O) groups is 1. The predicted molar refractivity (Wildman–Crippen MR) is 79.4 cm³/mol. The Balaban J connectivity index is 1.54. The Hall–Kier alpha value is -0.570. The van der Waals surface area contributed by atoms with E-state index in [-0.39, 0.29) is 5.92 Å². The summed E-state index contributed by atoms with van der Waals surface area (Å²) >= 11 is 0. The van der Waals surface area contributed by atoms with Crippen LogP contribution in [-0.4, -0.2) is 24.7 Å². The first kappa shape index (κ1) is 14.4. The van der Waals surface area contributed by atoms with Crippen molar-refractivity contribution in [2.24, 2.45) is 17.3 Å². The van der Waals surface area contributed by atoms with E-state index in [4.69, 9.17) is 4.74 Å². The third-order valence-corrected chi connectivity index (χ3v) is 6.06. The third-order valence-electron chi connectivity index (χ3n) is 6.06. The molecule has 114 valence electrons. The normalized spacial score (nSPS) is 38.9.